The van der Waals surface area contributed by atoms with Crippen molar-refractivity contribution in [2.45, 2.75) is 6.04 Å². The Morgan fingerprint density at radius 1 is 1.19 bits per heavy atom. The third-order valence-corrected chi connectivity index (χ3v) is 2.90. The number of rotatable bonds is 1. The van der Waals surface area contributed by atoms with E-state index in [1.807, 2.05) is 30.3 Å². The topological polar surface area (TPSA) is 29.9 Å². The van der Waals surface area contributed by atoms with Crippen LogP contribution in [0.25, 0.3) is 5.16 Å². The Balaban J connectivity index is 2.00. The molecule has 1 atom stereocenters. The van der Waals surface area contributed by atoms with Gasteiger partial charge < -0.3 is 5.32 Å². The van der Waals surface area contributed by atoms with Crippen LogP contribution < -0.4 is 5.32 Å². The van der Waals surface area contributed by atoms with E-state index in [1.54, 1.807) is 10.9 Å². The fourth-order valence-electron chi connectivity index (χ4n) is 1.83. The zero-order valence-corrected chi connectivity index (χ0v) is 9.22. The highest BCUT2D eigenvalue weighted by Gasteiger charge is 2.18. The molecular weight excluding hydrogens is 222 g/mol. The molecule has 0 saturated heterocycles. The average Bonchev–Trinajstić information content (AvgIpc) is 2.79. The first-order valence-electron chi connectivity index (χ1n) is 5.08. The molecule has 2 aromatic rings. The van der Waals surface area contributed by atoms with Gasteiger partial charge in [-0.3, -0.25) is 0 Å². The van der Waals surface area contributed by atoms with Crippen molar-refractivity contribution in [3.05, 3.63) is 54.2 Å². The van der Waals surface area contributed by atoms with E-state index in [2.05, 4.69) is 22.5 Å². The van der Waals surface area contributed by atoms with Gasteiger partial charge in [-0.2, -0.15) is 5.10 Å². The van der Waals surface area contributed by atoms with Crippen molar-refractivity contribution in [1.82, 2.24) is 9.78 Å². The lowest BCUT2D eigenvalue weighted by atomic mass is 10.1. The molecule has 4 heteroatoms. The third-order valence-electron chi connectivity index (χ3n) is 2.61. The highest BCUT2D eigenvalue weighted by Crippen LogP contribution is 2.30. The standard InChI is InChI=1S/C12H10ClN3/c13-11-8-10(9-4-2-1-3-5-9)15-12-6-7-14-16(11)12/h1-8,10,15H. The monoisotopic (exact) mass is 231 g/mol. The summed E-state index contributed by atoms with van der Waals surface area (Å²) in [6.07, 6.45) is 3.68. The molecule has 3 nitrogen and oxygen atoms in total. The van der Waals surface area contributed by atoms with Crippen LogP contribution in [0.4, 0.5) is 5.82 Å². The second-order valence-corrected chi connectivity index (χ2v) is 4.04. The van der Waals surface area contributed by atoms with Crippen LogP contribution in [0.3, 0.4) is 0 Å². The number of fused-ring (bicyclic) bond motifs is 1. The molecule has 0 radical (unpaired) electrons. The first kappa shape index (κ1) is 9.48. The fraction of sp³-hybridized carbons (Fsp3) is 0.0833. The highest BCUT2D eigenvalue weighted by atomic mass is 35.5. The highest BCUT2D eigenvalue weighted by molar-refractivity contribution is 6.45. The van der Waals surface area contributed by atoms with Crippen molar-refractivity contribution in [2.24, 2.45) is 0 Å². The molecule has 1 N–H and O–H groups in total. The smallest absolute Gasteiger partial charge is 0.131 e. The van der Waals surface area contributed by atoms with E-state index in [0.717, 1.165) is 5.82 Å². The molecule has 0 amide bonds. The normalized spacial score (nSPS) is 18.6. The molecule has 1 aromatic carbocycles. The summed E-state index contributed by atoms with van der Waals surface area (Å²) in [6.45, 7) is 0. The predicted molar refractivity (Wildman–Crippen MR) is 65.2 cm³/mol. The summed E-state index contributed by atoms with van der Waals surface area (Å²) in [6, 6.07) is 12.2. The van der Waals surface area contributed by atoms with Crippen LogP contribution in [-0.2, 0) is 0 Å². The average molecular weight is 232 g/mol. The molecule has 0 bridgehead atoms. The molecule has 1 aliphatic heterocycles. The summed E-state index contributed by atoms with van der Waals surface area (Å²) in [5.74, 6) is 0.918. The van der Waals surface area contributed by atoms with E-state index < -0.39 is 0 Å². The third kappa shape index (κ3) is 1.49. The molecule has 0 fully saturated rings. The molecule has 3 rings (SSSR count). The number of benzene rings is 1. The number of nitrogens with one attached hydrogen (secondary N) is 1. The quantitative estimate of drug-likeness (QED) is 0.818. The van der Waals surface area contributed by atoms with Crippen LogP contribution in [-0.4, -0.2) is 9.78 Å². The van der Waals surface area contributed by atoms with Gasteiger partial charge in [-0.05, 0) is 11.6 Å². The van der Waals surface area contributed by atoms with Gasteiger partial charge in [0, 0.05) is 6.07 Å². The lowest BCUT2D eigenvalue weighted by Crippen LogP contribution is -2.16. The van der Waals surface area contributed by atoms with Crippen LogP contribution in [0.15, 0.2) is 48.7 Å². The van der Waals surface area contributed by atoms with Gasteiger partial charge in [-0.15, -0.1) is 0 Å². The van der Waals surface area contributed by atoms with Gasteiger partial charge >= 0.3 is 0 Å². The Bertz CT molecular complexity index is 530. The SMILES string of the molecule is ClC1=CC(c2ccccc2)Nc2ccnn21. The number of nitrogens with zero attached hydrogens (tertiary/aromatic N) is 2. The van der Waals surface area contributed by atoms with Crippen molar-refractivity contribution in [3.8, 4) is 0 Å². The first-order valence-corrected chi connectivity index (χ1v) is 5.45. The molecule has 2 heterocycles. The fourth-order valence-corrected chi connectivity index (χ4v) is 2.09. The van der Waals surface area contributed by atoms with Crippen molar-refractivity contribution in [1.29, 1.82) is 0 Å². The van der Waals surface area contributed by atoms with E-state index >= 15 is 0 Å². The summed E-state index contributed by atoms with van der Waals surface area (Å²) in [4.78, 5) is 0. The van der Waals surface area contributed by atoms with Gasteiger partial charge in [0.25, 0.3) is 0 Å². The van der Waals surface area contributed by atoms with Crippen molar-refractivity contribution < 1.29 is 0 Å². The number of hydrogen-bond donors (Lipinski definition) is 1. The van der Waals surface area contributed by atoms with E-state index in [4.69, 9.17) is 11.6 Å². The second-order valence-electron chi connectivity index (χ2n) is 3.65. The van der Waals surface area contributed by atoms with Gasteiger partial charge in [-0.1, -0.05) is 41.9 Å². The van der Waals surface area contributed by atoms with E-state index in [0.29, 0.717) is 5.16 Å². The lowest BCUT2D eigenvalue weighted by molar-refractivity contribution is 0.848. The minimum absolute atomic E-state index is 0.109. The maximum Gasteiger partial charge on any atom is 0.131 e. The van der Waals surface area contributed by atoms with Gasteiger partial charge in [0.05, 0.1) is 12.2 Å². The first-order chi connectivity index (χ1) is 7.84. The molecule has 80 valence electrons. The Labute approximate surface area is 98.3 Å². The van der Waals surface area contributed by atoms with Crippen LogP contribution in [0, 0.1) is 0 Å². The van der Waals surface area contributed by atoms with Crippen LogP contribution in [0.1, 0.15) is 11.6 Å². The molecule has 0 spiro atoms. The maximum absolute atomic E-state index is 6.15. The molecule has 1 aromatic heterocycles. The van der Waals surface area contributed by atoms with Gasteiger partial charge in [0.15, 0.2) is 0 Å². The number of hydrogen-bond acceptors (Lipinski definition) is 2. The van der Waals surface area contributed by atoms with Gasteiger partial charge in [0.1, 0.15) is 11.0 Å². The predicted octanol–water partition coefficient (Wildman–Crippen LogP) is 3.09. The zero-order valence-electron chi connectivity index (χ0n) is 8.47. The Kier molecular flexibility index (Phi) is 2.18. The molecular formula is C12H10ClN3. The maximum atomic E-state index is 6.15. The van der Waals surface area contributed by atoms with E-state index in [1.165, 1.54) is 5.56 Å². The lowest BCUT2D eigenvalue weighted by Gasteiger charge is -2.22. The van der Waals surface area contributed by atoms with Crippen molar-refractivity contribution in [3.63, 3.8) is 0 Å². The molecule has 0 saturated carbocycles. The molecule has 0 aliphatic carbocycles. The summed E-state index contributed by atoms with van der Waals surface area (Å²) in [5.41, 5.74) is 1.19. The summed E-state index contributed by atoms with van der Waals surface area (Å²) >= 11 is 6.15. The van der Waals surface area contributed by atoms with Crippen LogP contribution in [0.2, 0.25) is 0 Å². The minimum atomic E-state index is 0.109. The summed E-state index contributed by atoms with van der Waals surface area (Å²) < 4.78 is 1.68. The largest absolute Gasteiger partial charge is 0.359 e. The minimum Gasteiger partial charge on any atom is -0.359 e. The van der Waals surface area contributed by atoms with E-state index in [-0.39, 0.29) is 6.04 Å². The number of aromatic nitrogens is 2. The van der Waals surface area contributed by atoms with E-state index in [9.17, 15) is 0 Å². The van der Waals surface area contributed by atoms with Gasteiger partial charge in [-0.25, -0.2) is 4.68 Å². The Hall–Kier alpha value is -1.74. The van der Waals surface area contributed by atoms with Crippen molar-refractivity contribution in [2.75, 3.05) is 5.32 Å². The Morgan fingerprint density at radius 3 is 2.81 bits per heavy atom. The van der Waals surface area contributed by atoms with Crippen LogP contribution >= 0.6 is 11.6 Å². The number of anilines is 1. The second kappa shape index (κ2) is 3.68. The van der Waals surface area contributed by atoms with Gasteiger partial charge in [0.2, 0.25) is 0 Å². The summed E-state index contributed by atoms with van der Waals surface area (Å²) in [7, 11) is 0. The van der Waals surface area contributed by atoms with Crippen LogP contribution in [0.5, 0.6) is 0 Å². The number of halogens is 1. The molecule has 16 heavy (non-hydrogen) atoms. The van der Waals surface area contributed by atoms with Crippen molar-refractivity contribution >= 4 is 22.6 Å². The zero-order chi connectivity index (χ0) is 11.0. The Morgan fingerprint density at radius 2 is 2.00 bits per heavy atom. The summed E-state index contributed by atoms with van der Waals surface area (Å²) in [5, 5.41) is 8.12. The molecule has 1 unspecified atom stereocenters. The molecule has 1 aliphatic rings.